The van der Waals surface area contributed by atoms with E-state index in [2.05, 4.69) is 36.3 Å². The summed E-state index contributed by atoms with van der Waals surface area (Å²) in [7, 11) is 2.22. The molecule has 0 radical (unpaired) electrons. The van der Waals surface area contributed by atoms with Gasteiger partial charge in [-0.25, -0.2) is 4.98 Å². The lowest BCUT2D eigenvalue weighted by Crippen LogP contribution is -2.40. The van der Waals surface area contributed by atoms with Gasteiger partial charge in [0.1, 0.15) is 5.82 Å². The van der Waals surface area contributed by atoms with Crippen molar-refractivity contribution >= 4 is 5.82 Å². The summed E-state index contributed by atoms with van der Waals surface area (Å²) in [5.41, 5.74) is 3.20. The fraction of sp³-hybridized carbons (Fsp3) is 0.688. The molecular weight excluding hydrogens is 234 g/mol. The molecule has 0 spiro atoms. The molecule has 2 aliphatic rings. The highest BCUT2D eigenvalue weighted by Crippen LogP contribution is 2.30. The topological polar surface area (TPSA) is 28.2 Å². The number of pyridine rings is 1. The van der Waals surface area contributed by atoms with Gasteiger partial charge in [-0.05, 0) is 69.3 Å². The number of anilines is 1. The summed E-state index contributed by atoms with van der Waals surface area (Å²) in [6.45, 7) is 5.89. The van der Waals surface area contributed by atoms with Crippen molar-refractivity contribution < 1.29 is 0 Å². The Kier molecular flexibility index (Phi) is 3.48. The SMILES string of the molecule is CN1CCC(C)(CNc2ccc3c(n2)CCC3)CC1. The van der Waals surface area contributed by atoms with Gasteiger partial charge in [0.25, 0.3) is 0 Å². The van der Waals surface area contributed by atoms with Gasteiger partial charge in [-0.15, -0.1) is 0 Å². The van der Waals surface area contributed by atoms with Crippen LogP contribution >= 0.6 is 0 Å². The van der Waals surface area contributed by atoms with Crippen molar-refractivity contribution in [3.8, 4) is 0 Å². The van der Waals surface area contributed by atoms with Crippen LogP contribution < -0.4 is 5.32 Å². The molecule has 2 heterocycles. The first-order chi connectivity index (χ1) is 9.15. The Morgan fingerprint density at radius 3 is 2.84 bits per heavy atom. The van der Waals surface area contributed by atoms with Crippen molar-refractivity contribution in [3.05, 3.63) is 23.4 Å². The Morgan fingerprint density at radius 1 is 1.26 bits per heavy atom. The Balaban J connectivity index is 1.60. The molecule has 1 fully saturated rings. The average molecular weight is 259 g/mol. The summed E-state index contributed by atoms with van der Waals surface area (Å²) < 4.78 is 0. The number of aryl methyl sites for hydroxylation is 2. The van der Waals surface area contributed by atoms with E-state index in [9.17, 15) is 0 Å². The molecular formula is C16H25N3. The molecule has 0 saturated carbocycles. The number of piperidine rings is 1. The highest BCUT2D eigenvalue weighted by molar-refractivity contribution is 5.40. The van der Waals surface area contributed by atoms with E-state index in [1.807, 2.05) is 0 Å². The van der Waals surface area contributed by atoms with E-state index in [-0.39, 0.29) is 0 Å². The number of hydrogen-bond acceptors (Lipinski definition) is 3. The highest BCUT2D eigenvalue weighted by atomic mass is 15.1. The van der Waals surface area contributed by atoms with Gasteiger partial charge in [0, 0.05) is 12.2 Å². The van der Waals surface area contributed by atoms with Gasteiger partial charge in [-0.1, -0.05) is 13.0 Å². The van der Waals surface area contributed by atoms with E-state index < -0.39 is 0 Å². The van der Waals surface area contributed by atoms with Crippen LogP contribution in [-0.2, 0) is 12.8 Å². The molecule has 0 atom stereocenters. The molecule has 1 saturated heterocycles. The van der Waals surface area contributed by atoms with Gasteiger partial charge >= 0.3 is 0 Å². The van der Waals surface area contributed by atoms with Crippen molar-refractivity contribution in [2.45, 2.75) is 39.0 Å². The van der Waals surface area contributed by atoms with Crippen molar-refractivity contribution in [2.75, 3.05) is 32.0 Å². The largest absolute Gasteiger partial charge is 0.370 e. The molecule has 1 N–H and O–H groups in total. The number of aromatic nitrogens is 1. The van der Waals surface area contributed by atoms with Gasteiger partial charge < -0.3 is 10.2 Å². The predicted octanol–water partition coefficient (Wildman–Crippen LogP) is 2.71. The minimum Gasteiger partial charge on any atom is -0.370 e. The third-order valence-corrected chi connectivity index (χ3v) is 4.82. The van der Waals surface area contributed by atoms with Crippen LogP contribution in [0.5, 0.6) is 0 Å². The molecule has 0 aromatic carbocycles. The second-order valence-corrected chi connectivity index (χ2v) is 6.62. The molecule has 3 nitrogen and oxygen atoms in total. The van der Waals surface area contributed by atoms with Gasteiger partial charge in [-0.3, -0.25) is 0 Å². The maximum atomic E-state index is 4.76. The zero-order valence-electron chi connectivity index (χ0n) is 12.2. The summed E-state index contributed by atoms with van der Waals surface area (Å²) in [5.74, 6) is 1.07. The average Bonchev–Trinajstić information content (AvgIpc) is 2.88. The first kappa shape index (κ1) is 12.9. The summed E-state index contributed by atoms with van der Waals surface area (Å²) >= 11 is 0. The maximum Gasteiger partial charge on any atom is 0.126 e. The van der Waals surface area contributed by atoms with E-state index in [4.69, 9.17) is 4.98 Å². The third-order valence-electron chi connectivity index (χ3n) is 4.82. The monoisotopic (exact) mass is 259 g/mol. The summed E-state index contributed by atoms with van der Waals surface area (Å²) in [4.78, 5) is 7.19. The van der Waals surface area contributed by atoms with E-state index in [1.54, 1.807) is 0 Å². The molecule has 0 bridgehead atoms. The number of nitrogens with zero attached hydrogens (tertiary/aromatic N) is 2. The zero-order chi connectivity index (χ0) is 13.3. The molecule has 1 aromatic heterocycles. The minimum absolute atomic E-state index is 0.424. The number of rotatable bonds is 3. The quantitative estimate of drug-likeness (QED) is 0.904. The Hall–Kier alpha value is -1.09. The van der Waals surface area contributed by atoms with Gasteiger partial charge in [0.05, 0.1) is 0 Å². The normalized spacial score (nSPS) is 22.2. The summed E-state index contributed by atoms with van der Waals surface area (Å²) in [5, 5.41) is 3.57. The fourth-order valence-corrected chi connectivity index (χ4v) is 3.16. The maximum absolute atomic E-state index is 4.76. The van der Waals surface area contributed by atoms with E-state index >= 15 is 0 Å². The first-order valence-electron chi connectivity index (χ1n) is 7.56. The Labute approximate surface area is 116 Å². The fourth-order valence-electron chi connectivity index (χ4n) is 3.16. The van der Waals surface area contributed by atoms with Crippen molar-refractivity contribution in [3.63, 3.8) is 0 Å². The van der Waals surface area contributed by atoms with E-state index in [1.165, 1.54) is 50.0 Å². The highest BCUT2D eigenvalue weighted by Gasteiger charge is 2.28. The smallest absolute Gasteiger partial charge is 0.126 e. The first-order valence-corrected chi connectivity index (χ1v) is 7.56. The summed E-state index contributed by atoms with van der Waals surface area (Å²) in [6, 6.07) is 4.41. The lowest BCUT2D eigenvalue weighted by Gasteiger charge is -2.38. The number of nitrogens with one attached hydrogen (secondary N) is 1. The lowest BCUT2D eigenvalue weighted by molar-refractivity contribution is 0.150. The van der Waals surface area contributed by atoms with Crippen LogP contribution in [0, 0.1) is 5.41 Å². The Morgan fingerprint density at radius 2 is 2.05 bits per heavy atom. The zero-order valence-corrected chi connectivity index (χ0v) is 12.2. The van der Waals surface area contributed by atoms with Crippen LogP contribution in [0.15, 0.2) is 12.1 Å². The molecule has 1 aliphatic heterocycles. The lowest BCUT2D eigenvalue weighted by atomic mass is 9.80. The minimum atomic E-state index is 0.424. The van der Waals surface area contributed by atoms with Crippen LogP contribution in [0.3, 0.4) is 0 Å². The Bertz CT molecular complexity index is 447. The van der Waals surface area contributed by atoms with Crippen molar-refractivity contribution in [1.29, 1.82) is 0 Å². The molecule has 19 heavy (non-hydrogen) atoms. The number of likely N-dealkylation sites (tertiary alicyclic amines) is 1. The predicted molar refractivity (Wildman–Crippen MR) is 79.6 cm³/mol. The number of hydrogen-bond donors (Lipinski definition) is 1. The van der Waals surface area contributed by atoms with Crippen molar-refractivity contribution in [1.82, 2.24) is 9.88 Å². The molecule has 1 aromatic rings. The summed E-state index contributed by atoms with van der Waals surface area (Å²) in [6.07, 6.45) is 6.21. The number of fused-ring (bicyclic) bond motifs is 1. The van der Waals surface area contributed by atoms with Crippen LogP contribution in [0.25, 0.3) is 0 Å². The second kappa shape index (κ2) is 5.12. The standard InChI is InChI=1S/C16H25N3/c1-16(8-10-19(2)11-9-16)12-17-15-7-6-13-4-3-5-14(13)18-15/h6-7H,3-5,8-12H2,1-2H3,(H,17,18). The van der Waals surface area contributed by atoms with Crippen LogP contribution in [-0.4, -0.2) is 36.6 Å². The van der Waals surface area contributed by atoms with Crippen molar-refractivity contribution in [2.24, 2.45) is 5.41 Å². The second-order valence-electron chi connectivity index (χ2n) is 6.62. The molecule has 3 rings (SSSR count). The van der Waals surface area contributed by atoms with Crippen LogP contribution in [0.4, 0.5) is 5.82 Å². The molecule has 0 unspecified atom stereocenters. The van der Waals surface area contributed by atoms with Crippen LogP contribution in [0.2, 0.25) is 0 Å². The van der Waals surface area contributed by atoms with Crippen LogP contribution in [0.1, 0.15) is 37.4 Å². The molecule has 0 amide bonds. The third kappa shape index (κ3) is 2.92. The molecule has 1 aliphatic carbocycles. The molecule has 104 valence electrons. The molecule has 3 heteroatoms. The van der Waals surface area contributed by atoms with Gasteiger partial charge in [0.2, 0.25) is 0 Å². The van der Waals surface area contributed by atoms with Gasteiger partial charge in [-0.2, -0.15) is 0 Å². The van der Waals surface area contributed by atoms with Gasteiger partial charge in [0.15, 0.2) is 0 Å². The van der Waals surface area contributed by atoms with E-state index in [0.717, 1.165) is 18.8 Å². The van der Waals surface area contributed by atoms with E-state index in [0.29, 0.717) is 5.41 Å².